The van der Waals surface area contributed by atoms with Gasteiger partial charge in [0, 0.05) is 0 Å². The third-order valence-electron chi connectivity index (χ3n) is 5.26. The smallest absolute Gasteiger partial charge is 0.149 e. The first kappa shape index (κ1) is 19.7. The third-order valence-corrected chi connectivity index (χ3v) is 5.66. The normalized spacial score (nSPS) is 12.9. The average Bonchev–Trinajstić information content (AvgIpc) is 2.66. The molecule has 1 aromatic carbocycles. The summed E-state index contributed by atoms with van der Waals surface area (Å²) in [5, 5.41) is 13.6. The summed E-state index contributed by atoms with van der Waals surface area (Å²) in [6, 6.07) is 8.20. The summed E-state index contributed by atoms with van der Waals surface area (Å²) in [6.07, 6.45) is 4.43. The highest BCUT2D eigenvalue weighted by atomic mass is 35.5. The number of anilines is 1. The van der Waals surface area contributed by atoms with Gasteiger partial charge in [0.15, 0.2) is 0 Å². The van der Waals surface area contributed by atoms with E-state index in [-0.39, 0.29) is 18.1 Å². The maximum atomic E-state index is 9.83. The van der Waals surface area contributed by atoms with Gasteiger partial charge in [-0.05, 0) is 35.8 Å². The molecule has 2 aromatic rings. The molecule has 0 saturated carbocycles. The minimum absolute atomic E-state index is 0.0417. The fourth-order valence-electron chi connectivity index (χ4n) is 2.93. The Hall–Kier alpha value is -1.65. The maximum Gasteiger partial charge on any atom is 0.149 e. The number of aliphatic hydroxyl groups is 1. The molecular weight excluding hydrogens is 334 g/mol. The molecule has 25 heavy (non-hydrogen) atoms. The van der Waals surface area contributed by atoms with E-state index in [0.29, 0.717) is 10.8 Å². The fraction of sp³-hybridized carbons (Fsp3) is 0.500. The van der Waals surface area contributed by atoms with Gasteiger partial charge in [-0.25, -0.2) is 9.97 Å². The molecule has 2 rings (SSSR count). The van der Waals surface area contributed by atoms with Crippen LogP contribution in [0.25, 0.3) is 0 Å². The number of aromatic nitrogens is 2. The largest absolute Gasteiger partial charge is 0.394 e. The van der Waals surface area contributed by atoms with Gasteiger partial charge in [-0.3, -0.25) is 0 Å². The molecular formula is C20H28ClN3O. The van der Waals surface area contributed by atoms with E-state index in [0.717, 1.165) is 30.5 Å². The number of nitrogens with one attached hydrogen (secondary N) is 1. The van der Waals surface area contributed by atoms with E-state index >= 15 is 0 Å². The zero-order valence-corrected chi connectivity index (χ0v) is 16.3. The lowest BCUT2D eigenvalue weighted by atomic mass is 9.77. The second-order valence-electron chi connectivity index (χ2n) is 6.61. The Kier molecular flexibility index (Phi) is 6.79. The summed E-state index contributed by atoms with van der Waals surface area (Å²) in [6.45, 7) is 8.69. The predicted octanol–water partition coefficient (Wildman–Crippen LogP) is 4.92. The lowest BCUT2D eigenvalue weighted by molar-refractivity contribution is 0.276. The SMILES string of the molecule is CCc1ncnc(NC(CO)c2ccc(C(C)(CC)CC)cc2)c1Cl. The van der Waals surface area contributed by atoms with Crippen molar-refractivity contribution in [1.29, 1.82) is 0 Å². The van der Waals surface area contributed by atoms with Crippen molar-refractivity contribution >= 4 is 17.4 Å². The number of hydrogen-bond acceptors (Lipinski definition) is 4. The summed E-state index contributed by atoms with van der Waals surface area (Å²) in [5.41, 5.74) is 3.32. The standard InChI is InChI=1S/C20H28ClN3O/c1-5-16-18(21)19(23-13-22-16)24-17(12-25)14-8-10-15(11-9-14)20(4,6-2)7-3/h8-11,13,17,25H,5-7,12H2,1-4H3,(H,22,23,24). The first-order chi connectivity index (χ1) is 12.0. The number of benzene rings is 1. The fourth-order valence-corrected chi connectivity index (χ4v) is 3.21. The van der Waals surface area contributed by atoms with Crippen molar-refractivity contribution in [2.45, 2.75) is 58.4 Å². The Morgan fingerprint density at radius 1 is 1.12 bits per heavy atom. The number of hydrogen-bond donors (Lipinski definition) is 2. The number of aryl methyl sites for hydroxylation is 1. The van der Waals surface area contributed by atoms with Crippen LogP contribution in [0.4, 0.5) is 5.82 Å². The minimum Gasteiger partial charge on any atom is -0.394 e. The second kappa shape index (κ2) is 8.63. The molecule has 0 aliphatic heterocycles. The van der Waals surface area contributed by atoms with Gasteiger partial charge in [-0.1, -0.05) is 63.6 Å². The van der Waals surface area contributed by atoms with Gasteiger partial charge in [0.2, 0.25) is 0 Å². The van der Waals surface area contributed by atoms with Crippen LogP contribution in [0.1, 0.15) is 63.4 Å². The van der Waals surface area contributed by atoms with Crippen LogP contribution in [-0.2, 0) is 11.8 Å². The zero-order chi connectivity index (χ0) is 18.4. The van der Waals surface area contributed by atoms with Crippen molar-refractivity contribution in [3.8, 4) is 0 Å². The molecule has 1 unspecified atom stereocenters. The Balaban J connectivity index is 2.24. The Morgan fingerprint density at radius 3 is 2.28 bits per heavy atom. The van der Waals surface area contributed by atoms with Crippen LogP contribution < -0.4 is 5.32 Å². The van der Waals surface area contributed by atoms with Gasteiger partial charge in [-0.2, -0.15) is 0 Å². The van der Waals surface area contributed by atoms with Gasteiger partial charge in [0.05, 0.1) is 18.3 Å². The molecule has 0 bridgehead atoms. The van der Waals surface area contributed by atoms with E-state index in [1.807, 2.05) is 6.92 Å². The first-order valence-electron chi connectivity index (χ1n) is 8.96. The molecule has 0 amide bonds. The first-order valence-corrected chi connectivity index (χ1v) is 9.34. The summed E-state index contributed by atoms with van der Waals surface area (Å²) in [4.78, 5) is 8.39. The summed E-state index contributed by atoms with van der Waals surface area (Å²) in [7, 11) is 0. The van der Waals surface area contributed by atoms with Crippen molar-refractivity contribution in [3.63, 3.8) is 0 Å². The third kappa shape index (κ3) is 4.31. The molecule has 1 aromatic heterocycles. The van der Waals surface area contributed by atoms with Gasteiger partial charge < -0.3 is 10.4 Å². The van der Waals surface area contributed by atoms with E-state index in [9.17, 15) is 5.11 Å². The Labute approximate surface area is 155 Å². The van der Waals surface area contributed by atoms with Gasteiger partial charge >= 0.3 is 0 Å². The van der Waals surface area contributed by atoms with Crippen molar-refractivity contribution in [3.05, 3.63) is 52.4 Å². The van der Waals surface area contributed by atoms with Gasteiger partial charge in [0.1, 0.15) is 17.2 Å². The molecule has 5 heteroatoms. The van der Waals surface area contributed by atoms with Crippen molar-refractivity contribution in [1.82, 2.24) is 9.97 Å². The van der Waals surface area contributed by atoms with Crippen molar-refractivity contribution < 1.29 is 5.11 Å². The number of nitrogens with zero attached hydrogens (tertiary/aromatic N) is 2. The molecule has 0 spiro atoms. The number of aliphatic hydroxyl groups excluding tert-OH is 1. The molecule has 4 nitrogen and oxygen atoms in total. The van der Waals surface area contributed by atoms with Gasteiger partial charge in [0.25, 0.3) is 0 Å². The Bertz CT molecular complexity index is 684. The highest BCUT2D eigenvalue weighted by Gasteiger charge is 2.22. The molecule has 0 saturated heterocycles. The molecule has 136 valence electrons. The topological polar surface area (TPSA) is 58.0 Å². The molecule has 0 radical (unpaired) electrons. The van der Waals surface area contributed by atoms with Gasteiger partial charge in [-0.15, -0.1) is 0 Å². The summed E-state index contributed by atoms with van der Waals surface area (Å²) >= 11 is 6.35. The molecule has 0 fully saturated rings. The number of halogens is 1. The molecule has 1 atom stereocenters. The monoisotopic (exact) mass is 361 g/mol. The lowest BCUT2D eigenvalue weighted by Crippen LogP contribution is -2.20. The van der Waals surface area contributed by atoms with E-state index in [4.69, 9.17) is 11.6 Å². The van der Waals surface area contributed by atoms with Crippen LogP contribution in [-0.4, -0.2) is 21.7 Å². The van der Waals surface area contributed by atoms with Crippen LogP contribution >= 0.6 is 11.6 Å². The molecule has 1 heterocycles. The number of rotatable bonds is 8. The van der Waals surface area contributed by atoms with Crippen LogP contribution in [0.2, 0.25) is 5.02 Å². The van der Waals surface area contributed by atoms with Crippen molar-refractivity contribution in [2.75, 3.05) is 11.9 Å². The van der Waals surface area contributed by atoms with E-state index < -0.39 is 0 Å². The maximum absolute atomic E-state index is 9.83. The van der Waals surface area contributed by atoms with Crippen LogP contribution in [0.3, 0.4) is 0 Å². The molecule has 0 aliphatic carbocycles. The Morgan fingerprint density at radius 2 is 1.76 bits per heavy atom. The van der Waals surface area contributed by atoms with Crippen LogP contribution in [0, 0.1) is 0 Å². The predicted molar refractivity (Wildman–Crippen MR) is 104 cm³/mol. The van der Waals surface area contributed by atoms with E-state index in [2.05, 4.69) is 60.3 Å². The highest BCUT2D eigenvalue weighted by Crippen LogP contribution is 2.32. The lowest BCUT2D eigenvalue weighted by Gasteiger charge is -2.28. The molecule has 2 N–H and O–H groups in total. The average molecular weight is 362 g/mol. The van der Waals surface area contributed by atoms with Crippen LogP contribution in [0.15, 0.2) is 30.6 Å². The van der Waals surface area contributed by atoms with Crippen LogP contribution in [0.5, 0.6) is 0 Å². The highest BCUT2D eigenvalue weighted by molar-refractivity contribution is 6.33. The minimum atomic E-state index is -0.263. The van der Waals surface area contributed by atoms with Crippen molar-refractivity contribution in [2.24, 2.45) is 0 Å². The molecule has 0 aliphatic rings. The quantitative estimate of drug-likeness (QED) is 0.700. The summed E-state index contributed by atoms with van der Waals surface area (Å²) in [5.74, 6) is 0.559. The zero-order valence-electron chi connectivity index (χ0n) is 15.5. The summed E-state index contributed by atoms with van der Waals surface area (Å²) < 4.78 is 0. The second-order valence-corrected chi connectivity index (χ2v) is 6.98. The van der Waals surface area contributed by atoms with E-state index in [1.54, 1.807) is 0 Å². The van der Waals surface area contributed by atoms with E-state index in [1.165, 1.54) is 11.9 Å².